The summed E-state index contributed by atoms with van der Waals surface area (Å²) in [6.45, 7) is 9.74. The fourth-order valence-corrected chi connectivity index (χ4v) is 1.58. The summed E-state index contributed by atoms with van der Waals surface area (Å²) in [5.41, 5.74) is 1.73. The first kappa shape index (κ1) is 15.1. The molecule has 0 heterocycles. The largest absolute Gasteiger partial charge is 0.489 e. The summed E-state index contributed by atoms with van der Waals surface area (Å²) in [6, 6.07) is 5.52. The van der Waals surface area contributed by atoms with Crippen molar-refractivity contribution in [3.8, 4) is 5.75 Å². The average molecular weight is 263 g/mol. The van der Waals surface area contributed by atoms with Gasteiger partial charge in [-0.2, -0.15) is 0 Å². The maximum atomic E-state index is 11.5. The van der Waals surface area contributed by atoms with Crippen LogP contribution in [0, 0.1) is 0 Å². The molecular weight excluding hydrogens is 242 g/mol. The monoisotopic (exact) mass is 263 g/mol. The quantitative estimate of drug-likeness (QED) is 0.795. The molecule has 19 heavy (non-hydrogen) atoms. The first-order valence-corrected chi connectivity index (χ1v) is 6.41. The molecule has 1 aromatic rings. The molecule has 0 fully saturated rings. The lowest BCUT2D eigenvalue weighted by Crippen LogP contribution is -2.18. The molecule has 0 bridgehead atoms. The van der Waals surface area contributed by atoms with Gasteiger partial charge in [0.2, 0.25) is 0 Å². The van der Waals surface area contributed by atoms with Gasteiger partial charge in [0.25, 0.3) is 0 Å². The number of benzene rings is 1. The molecule has 1 N–H and O–H groups in total. The van der Waals surface area contributed by atoms with Gasteiger partial charge in [0, 0.05) is 5.69 Å². The highest BCUT2D eigenvalue weighted by molar-refractivity contribution is 5.85. The van der Waals surface area contributed by atoms with Crippen LogP contribution >= 0.6 is 0 Å². The number of ether oxygens (including phenoxy) is 2. The summed E-state index contributed by atoms with van der Waals surface area (Å²) in [4.78, 5) is 11.5. The molecule has 0 saturated carbocycles. The van der Waals surface area contributed by atoms with Crippen LogP contribution in [0.2, 0.25) is 0 Å². The van der Waals surface area contributed by atoms with E-state index in [1.54, 1.807) is 12.1 Å². The number of hydrogen-bond donors (Lipinski definition) is 1. The minimum Gasteiger partial charge on any atom is -0.489 e. The zero-order valence-corrected chi connectivity index (χ0v) is 11.7. The Morgan fingerprint density at radius 2 is 2.21 bits per heavy atom. The van der Waals surface area contributed by atoms with Crippen LogP contribution in [0.4, 0.5) is 10.5 Å². The van der Waals surface area contributed by atoms with Gasteiger partial charge in [0.15, 0.2) is 0 Å². The standard InChI is InChI=1S/C15H21NO3/c1-5-9-18-14-8-7-13(10-12(14)6-2)16-15(17)19-11(3)4/h5,7-8,10-11H,1,6,9H2,2-4H3,(H,16,17). The number of carbonyl (C=O) groups excluding carboxylic acids is 1. The minimum atomic E-state index is -0.447. The predicted octanol–water partition coefficient (Wildman–Crippen LogP) is 3.77. The Balaban J connectivity index is 2.75. The van der Waals surface area contributed by atoms with Crippen molar-refractivity contribution in [1.82, 2.24) is 0 Å². The third-order valence-corrected chi connectivity index (χ3v) is 2.39. The van der Waals surface area contributed by atoms with Crippen molar-refractivity contribution in [2.45, 2.75) is 33.3 Å². The fraction of sp³-hybridized carbons (Fsp3) is 0.400. The summed E-state index contributed by atoms with van der Waals surface area (Å²) in [6.07, 6.45) is 1.94. The van der Waals surface area contributed by atoms with Crippen molar-refractivity contribution in [3.63, 3.8) is 0 Å². The van der Waals surface area contributed by atoms with E-state index < -0.39 is 6.09 Å². The molecule has 1 rings (SSSR count). The van der Waals surface area contributed by atoms with Crippen molar-refractivity contribution in [2.24, 2.45) is 0 Å². The molecule has 0 aliphatic heterocycles. The lowest BCUT2D eigenvalue weighted by molar-refractivity contribution is 0.130. The van der Waals surface area contributed by atoms with Crippen molar-refractivity contribution in [3.05, 3.63) is 36.4 Å². The number of anilines is 1. The van der Waals surface area contributed by atoms with E-state index in [-0.39, 0.29) is 6.10 Å². The average Bonchev–Trinajstić information content (AvgIpc) is 2.36. The van der Waals surface area contributed by atoms with Crippen LogP contribution in [0.25, 0.3) is 0 Å². The zero-order chi connectivity index (χ0) is 14.3. The minimum absolute atomic E-state index is 0.138. The molecule has 0 aromatic heterocycles. The van der Waals surface area contributed by atoms with Crippen molar-refractivity contribution < 1.29 is 14.3 Å². The normalized spacial score (nSPS) is 10.1. The molecule has 1 aromatic carbocycles. The predicted molar refractivity (Wildman–Crippen MR) is 76.8 cm³/mol. The molecule has 0 spiro atoms. The number of amides is 1. The molecule has 0 aliphatic carbocycles. The second-order valence-corrected chi connectivity index (χ2v) is 4.35. The first-order valence-electron chi connectivity index (χ1n) is 6.41. The lowest BCUT2D eigenvalue weighted by atomic mass is 10.1. The molecule has 4 nitrogen and oxygen atoms in total. The van der Waals surface area contributed by atoms with E-state index in [0.29, 0.717) is 12.3 Å². The molecule has 0 atom stereocenters. The van der Waals surface area contributed by atoms with Gasteiger partial charge in [-0.1, -0.05) is 19.6 Å². The number of aryl methyl sites for hydroxylation is 1. The Kier molecular flexibility index (Phi) is 5.93. The van der Waals surface area contributed by atoms with Gasteiger partial charge in [-0.05, 0) is 44.0 Å². The molecule has 0 unspecified atom stereocenters. The molecular formula is C15H21NO3. The van der Waals surface area contributed by atoms with Gasteiger partial charge in [-0.25, -0.2) is 4.79 Å². The Bertz CT molecular complexity index is 441. The van der Waals surface area contributed by atoms with Crippen molar-refractivity contribution in [2.75, 3.05) is 11.9 Å². The highest BCUT2D eigenvalue weighted by Crippen LogP contribution is 2.23. The Morgan fingerprint density at radius 1 is 1.47 bits per heavy atom. The van der Waals surface area contributed by atoms with Gasteiger partial charge in [0.1, 0.15) is 12.4 Å². The maximum absolute atomic E-state index is 11.5. The van der Waals surface area contributed by atoms with E-state index in [1.165, 1.54) is 0 Å². The number of rotatable bonds is 6. The van der Waals surface area contributed by atoms with E-state index in [4.69, 9.17) is 9.47 Å². The van der Waals surface area contributed by atoms with Crippen LogP contribution in [-0.2, 0) is 11.2 Å². The number of hydrogen-bond acceptors (Lipinski definition) is 3. The summed E-state index contributed by atoms with van der Waals surface area (Å²) in [7, 11) is 0. The smallest absolute Gasteiger partial charge is 0.411 e. The summed E-state index contributed by atoms with van der Waals surface area (Å²) in [5, 5.41) is 2.69. The van der Waals surface area contributed by atoms with E-state index in [2.05, 4.69) is 11.9 Å². The summed E-state index contributed by atoms with van der Waals surface area (Å²) < 4.78 is 10.6. The van der Waals surface area contributed by atoms with Crippen LogP contribution in [-0.4, -0.2) is 18.8 Å². The topological polar surface area (TPSA) is 47.6 Å². The highest BCUT2D eigenvalue weighted by atomic mass is 16.6. The van der Waals surface area contributed by atoms with Crippen molar-refractivity contribution >= 4 is 11.8 Å². The fourth-order valence-electron chi connectivity index (χ4n) is 1.58. The van der Waals surface area contributed by atoms with Crippen LogP contribution in [0.1, 0.15) is 26.3 Å². The number of carbonyl (C=O) groups is 1. The summed E-state index contributed by atoms with van der Waals surface area (Å²) in [5.74, 6) is 0.810. The van der Waals surface area contributed by atoms with Gasteiger partial charge < -0.3 is 9.47 Å². The molecule has 104 valence electrons. The Labute approximate surface area is 114 Å². The molecule has 4 heteroatoms. The third-order valence-electron chi connectivity index (χ3n) is 2.39. The second-order valence-electron chi connectivity index (χ2n) is 4.35. The number of nitrogens with one attached hydrogen (secondary N) is 1. The zero-order valence-electron chi connectivity index (χ0n) is 11.7. The van der Waals surface area contributed by atoms with E-state index in [1.807, 2.05) is 32.9 Å². The van der Waals surface area contributed by atoms with Crippen LogP contribution < -0.4 is 10.1 Å². The first-order chi connectivity index (χ1) is 9.06. The van der Waals surface area contributed by atoms with Gasteiger partial charge in [0.05, 0.1) is 6.10 Å². The van der Waals surface area contributed by atoms with Crippen LogP contribution in [0.15, 0.2) is 30.9 Å². The maximum Gasteiger partial charge on any atom is 0.411 e. The highest BCUT2D eigenvalue weighted by Gasteiger charge is 2.08. The van der Waals surface area contributed by atoms with E-state index >= 15 is 0 Å². The Morgan fingerprint density at radius 3 is 2.79 bits per heavy atom. The van der Waals surface area contributed by atoms with Gasteiger partial charge in [-0.3, -0.25) is 5.32 Å². The molecule has 0 radical (unpaired) electrons. The third kappa shape index (κ3) is 5.04. The van der Waals surface area contributed by atoms with Crippen molar-refractivity contribution in [1.29, 1.82) is 0 Å². The molecule has 0 saturated heterocycles. The summed E-state index contributed by atoms with van der Waals surface area (Å²) >= 11 is 0. The van der Waals surface area contributed by atoms with Crippen LogP contribution in [0.3, 0.4) is 0 Å². The van der Waals surface area contributed by atoms with Gasteiger partial charge in [-0.15, -0.1) is 0 Å². The van der Waals surface area contributed by atoms with E-state index in [9.17, 15) is 4.79 Å². The molecule has 0 aliphatic rings. The second kappa shape index (κ2) is 7.46. The lowest BCUT2D eigenvalue weighted by Gasteiger charge is -2.13. The Hall–Kier alpha value is -1.97. The molecule has 1 amide bonds. The van der Waals surface area contributed by atoms with E-state index in [0.717, 1.165) is 17.7 Å². The van der Waals surface area contributed by atoms with Crippen LogP contribution in [0.5, 0.6) is 5.75 Å². The van der Waals surface area contributed by atoms with Gasteiger partial charge >= 0.3 is 6.09 Å². The SMILES string of the molecule is C=CCOc1ccc(NC(=O)OC(C)C)cc1CC.